The molecule has 0 atom stereocenters. The van der Waals surface area contributed by atoms with Crippen molar-refractivity contribution in [2.75, 3.05) is 22.5 Å². The number of nitrogen functional groups attached to an aromatic ring is 1. The Bertz CT molecular complexity index is 1070. The summed E-state index contributed by atoms with van der Waals surface area (Å²) in [5.74, 6) is -1.20. The minimum atomic E-state index is -4.85. The number of nitrogens with one attached hydrogen (secondary N) is 1. The smallest absolute Gasteiger partial charge is 0.441 e. The van der Waals surface area contributed by atoms with Crippen LogP contribution in [0.25, 0.3) is 0 Å². The van der Waals surface area contributed by atoms with E-state index in [1.54, 1.807) is 4.90 Å². The fraction of sp³-hybridized carbons (Fsp3) is 0.391. The van der Waals surface area contributed by atoms with Crippen molar-refractivity contribution in [1.82, 2.24) is 0 Å². The molecule has 0 aromatic heterocycles. The largest absolute Gasteiger partial charge is 0.573 e. The zero-order chi connectivity index (χ0) is 23.8. The molecule has 176 valence electrons. The van der Waals surface area contributed by atoms with E-state index in [-0.39, 0.29) is 23.2 Å². The summed E-state index contributed by atoms with van der Waals surface area (Å²) in [6.07, 6.45) is -3.29. The molecule has 4 rings (SSSR count). The summed E-state index contributed by atoms with van der Waals surface area (Å²) in [6.45, 7) is 2.34. The lowest BCUT2D eigenvalue weighted by Gasteiger charge is -2.34. The van der Waals surface area contributed by atoms with E-state index in [1.807, 2.05) is 31.2 Å². The Morgan fingerprint density at radius 2 is 1.91 bits per heavy atom. The van der Waals surface area contributed by atoms with Crippen molar-refractivity contribution in [1.29, 1.82) is 0 Å². The fourth-order valence-corrected chi connectivity index (χ4v) is 4.42. The number of hydrogen-bond acceptors (Lipinski definition) is 5. The van der Waals surface area contributed by atoms with Crippen LogP contribution in [0.3, 0.4) is 0 Å². The van der Waals surface area contributed by atoms with E-state index in [4.69, 9.17) is 10.5 Å². The number of carbonyl (C=O) groups is 2. The van der Waals surface area contributed by atoms with E-state index >= 15 is 0 Å². The first-order valence-corrected chi connectivity index (χ1v) is 10.6. The highest BCUT2D eigenvalue weighted by molar-refractivity contribution is 5.96. The molecule has 1 saturated heterocycles. The van der Waals surface area contributed by atoms with Gasteiger partial charge in [0.05, 0.1) is 23.6 Å². The van der Waals surface area contributed by atoms with E-state index in [0.717, 1.165) is 23.4 Å². The van der Waals surface area contributed by atoms with E-state index in [9.17, 15) is 22.8 Å². The van der Waals surface area contributed by atoms with Crippen LogP contribution in [0.4, 0.5) is 35.0 Å². The standard InChI is InChI=1S/C23H24F3N3O4/c1-14-4-2-3-5-19(14)29-13-22(33-21(29)31)10-8-15(9-11-22)20(30)28-18-12-16(6-7-17(18)27)32-23(24,25)26/h2-7,12,15H,8-11,13,27H2,1H3,(H,28,30). The monoisotopic (exact) mass is 463 g/mol. The van der Waals surface area contributed by atoms with Gasteiger partial charge in [0.15, 0.2) is 0 Å². The van der Waals surface area contributed by atoms with Crippen molar-refractivity contribution < 1.29 is 32.2 Å². The molecule has 3 N–H and O–H groups in total. The Kier molecular flexibility index (Phi) is 5.85. The molecule has 1 aliphatic carbocycles. The van der Waals surface area contributed by atoms with Gasteiger partial charge in [-0.05, 0) is 56.4 Å². The van der Waals surface area contributed by atoms with Crippen molar-refractivity contribution in [2.45, 2.75) is 44.6 Å². The van der Waals surface area contributed by atoms with Gasteiger partial charge in [-0.15, -0.1) is 13.2 Å². The highest BCUT2D eigenvalue weighted by Gasteiger charge is 2.48. The average Bonchev–Trinajstić information content (AvgIpc) is 3.05. The van der Waals surface area contributed by atoms with Gasteiger partial charge in [0, 0.05) is 12.0 Å². The number of nitrogens with two attached hydrogens (primary N) is 1. The van der Waals surface area contributed by atoms with Gasteiger partial charge in [0.1, 0.15) is 11.4 Å². The predicted molar refractivity (Wildman–Crippen MR) is 116 cm³/mol. The summed E-state index contributed by atoms with van der Waals surface area (Å²) >= 11 is 0. The molecule has 2 aromatic rings. The number of anilines is 3. The number of hydrogen-bond donors (Lipinski definition) is 2. The van der Waals surface area contributed by atoms with E-state index < -0.39 is 23.8 Å². The van der Waals surface area contributed by atoms with Crippen molar-refractivity contribution in [3.8, 4) is 5.75 Å². The summed E-state index contributed by atoms with van der Waals surface area (Å²) in [4.78, 5) is 26.9. The Hall–Kier alpha value is -3.43. The highest BCUT2D eigenvalue weighted by Crippen LogP contribution is 2.42. The zero-order valence-corrected chi connectivity index (χ0v) is 17.9. The Morgan fingerprint density at radius 1 is 1.21 bits per heavy atom. The van der Waals surface area contributed by atoms with Gasteiger partial charge in [0.2, 0.25) is 5.91 Å². The minimum Gasteiger partial charge on any atom is -0.441 e. The lowest BCUT2D eigenvalue weighted by molar-refractivity contribution is -0.274. The van der Waals surface area contributed by atoms with E-state index in [0.29, 0.717) is 32.2 Å². The van der Waals surface area contributed by atoms with Crippen LogP contribution in [-0.2, 0) is 9.53 Å². The van der Waals surface area contributed by atoms with Crippen LogP contribution < -0.4 is 20.7 Å². The minimum absolute atomic E-state index is 0.0556. The second kappa shape index (κ2) is 8.49. The highest BCUT2D eigenvalue weighted by atomic mass is 19.4. The SMILES string of the molecule is Cc1ccccc1N1CC2(CCC(C(=O)Nc3cc(OC(F)(F)F)ccc3N)CC2)OC1=O. The van der Waals surface area contributed by atoms with Crippen molar-refractivity contribution in [3.63, 3.8) is 0 Å². The molecule has 1 heterocycles. The van der Waals surface area contributed by atoms with Crippen LogP contribution in [0.1, 0.15) is 31.2 Å². The van der Waals surface area contributed by atoms with Gasteiger partial charge in [-0.2, -0.15) is 0 Å². The topological polar surface area (TPSA) is 93.9 Å². The summed E-state index contributed by atoms with van der Waals surface area (Å²) in [6, 6.07) is 10.9. The molecule has 0 unspecified atom stereocenters. The molecular weight excluding hydrogens is 439 g/mol. The van der Waals surface area contributed by atoms with Crippen molar-refractivity contribution >= 4 is 29.1 Å². The number of benzene rings is 2. The normalized spacial score (nSPS) is 22.8. The Balaban J connectivity index is 1.39. The Morgan fingerprint density at radius 3 is 2.58 bits per heavy atom. The molecule has 0 radical (unpaired) electrons. The number of ether oxygens (including phenoxy) is 2. The quantitative estimate of drug-likeness (QED) is 0.623. The maximum atomic E-state index is 12.8. The first-order valence-electron chi connectivity index (χ1n) is 10.6. The van der Waals surface area contributed by atoms with Crippen LogP contribution >= 0.6 is 0 Å². The van der Waals surface area contributed by atoms with Crippen LogP contribution in [0.5, 0.6) is 5.75 Å². The number of aryl methyl sites for hydroxylation is 1. The molecule has 33 heavy (non-hydrogen) atoms. The Labute approximate surface area is 188 Å². The summed E-state index contributed by atoms with van der Waals surface area (Å²) in [5.41, 5.74) is 7.10. The van der Waals surface area contributed by atoms with Crippen LogP contribution in [0, 0.1) is 12.8 Å². The van der Waals surface area contributed by atoms with Gasteiger partial charge < -0.3 is 20.5 Å². The van der Waals surface area contributed by atoms with Crippen molar-refractivity contribution in [2.24, 2.45) is 5.92 Å². The second-order valence-corrected chi connectivity index (χ2v) is 8.48. The maximum Gasteiger partial charge on any atom is 0.573 e. The zero-order valence-electron chi connectivity index (χ0n) is 17.9. The summed E-state index contributed by atoms with van der Waals surface area (Å²) in [5, 5.41) is 2.61. The van der Waals surface area contributed by atoms with Crippen molar-refractivity contribution in [3.05, 3.63) is 48.0 Å². The van der Waals surface area contributed by atoms with Crippen LogP contribution in [-0.4, -0.2) is 30.5 Å². The predicted octanol–water partition coefficient (Wildman–Crippen LogP) is 5.00. The third-order valence-corrected chi connectivity index (χ3v) is 6.16. The molecule has 2 aromatic carbocycles. The molecule has 2 aliphatic rings. The van der Waals surface area contributed by atoms with Gasteiger partial charge in [-0.1, -0.05) is 18.2 Å². The molecule has 1 spiro atoms. The molecule has 10 heteroatoms. The second-order valence-electron chi connectivity index (χ2n) is 8.48. The maximum absolute atomic E-state index is 12.8. The molecule has 2 fully saturated rings. The van der Waals surface area contributed by atoms with E-state index in [1.165, 1.54) is 6.07 Å². The first-order chi connectivity index (χ1) is 15.6. The number of nitrogens with zero attached hydrogens (tertiary/aromatic N) is 1. The van der Waals surface area contributed by atoms with E-state index in [2.05, 4.69) is 10.1 Å². The number of rotatable bonds is 4. The lowest BCUT2D eigenvalue weighted by Crippen LogP contribution is -2.41. The van der Waals surface area contributed by atoms with Crippen LogP contribution in [0.15, 0.2) is 42.5 Å². The molecule has 0 bridgehead atoms. The molecule has 2 amide bonds. The lowest BCUT2D eigenvalue weighted by atomic mass is 9.78. The van der Waals surface area contributed by atoms with Gasteiger partial charge in [-0.25, -0.2) is 4.79 Å². The summed E-state index contributed by atoms with van der Waals surface area (Å²) in [7, 11) is 0. The molecule has 1 saturated carbocycles. The van der Waals surface area contributed by atoms with Crippen LogP contribution in [0.2, 0.25) is 0 Å². The molecule has 1 aliphatic heterocycles. The van der Waals surface area contributed by atoms with Gasteiger partial charge in [0.25, 0.3) is 0 Å². The van der Waals surface area contributed by atoms with Gasteiger partial charge in [-0.3, -0.25) is 9.69 Å². The first kappa shape index (κ1) is 22.8. The van der Waals surface area contributed by atoms with Gasteiger partial charge >= 0.3 is 12.5 Å². The third kappa shape index (κ3) is 4.99. The molecular formula is C23H24F3N3O4. The fourth-order valence-electron chi connectivity index (χ4n) is 4.42. The number of amides is 2. The summed E-state index contributed by atoms with van der Waals surface area (Å²) < 4.78 is 47.1. The number of para-hydroxylation sites is 1. The number of halogens is 3. The molecule has 7 nitrogen and oxygen atoms in total. The number of alkyl halides is 3. The average molecular weight is 463 g/mol. The third-order valence-electron chi connectivity index (χ3n) is 6.16. The number of carbonyl (C=O) groups excluding carboxylic acids is 2.